The van der Waals surface area contributed by atoms with Gasteiger partial charge in [-0.2, -0.15) is 4.98 Å². The van der Waals surface area contributed by atoms with Gasteiger partial charge >= 0.3 is 0 Å². The molecule has 1 aromatic heterocycles. The van der Waals surface area contributed by atoms with Crippen LogP contribution in [0.4, 0.5) is 17.5 Å². The maximum atomic E-state index is 5.16. The van der Waals surface area contributed by atoms with Gasteiger partial charge in [0, 0.05) is 18.4 Å². The molecule has 0 amide bonds. The smallest absolute Gasteiger partial charge is 0.229 e. The minimum atomic E-state index is 0.570. The molecule has 0 unspecified atom stereocenters. The van der Waals surface area contributed by atoms with Crippen molar-refractivity contribution in [2.24, 2.45) is 0 Å². The number of aromatic nitrogens is 2. The lowest BCUT2D eigenvalue weighted by atomic mass is 10.2. The normalized spacial score (nSPS) is 10.2. The van der Waals surface area contributed by atoms with Crippen molar-refractivity contribution >= 4 is 17.5 Å². The van der Waals surface area contributed by atoms with E-state index in [1.807, 2.05) is 42.5 Å². The molecule has 3 aromatic rings. The fourth-order valence-corrected chi connectivity index (χ4v) is 2.31. The van der Waals surface area contributed by atoms with Gasteiger partial charge in [0.15, 0.2) is 0 Å². The van der Waals surface area contributed by atoms with Crippen LogP contribution in [0.2, 0.25) is 0 Å². The van der Waals surface area contributed by atoms with Gasteiger partial charge in [0.1, 0.15) is 11.6 Å². The van der Waals surface area contributed by atoms with Crippen LogP contribution in [0, 0.1) is 6.92 Å². The molecule has 0 aliphatic carbocycles. The van der Waals surface area contributed by atoms with Crippen molar-refractivity contribution in [1.29, 1.82) is 0 Å². The van der Waals surface area contributed by atoms with Gasteiger partial charge in [0.2, 0.25) is 5.95 Å². The summed E-state index contributed by atoms with van der Waals surface area (Å²) in [6.07, 6.45) is 1.74. The number of benzene rings is 2. The first-order valence-corrected chi connectivity index (χ1v) is 7.76. The predicted octanol–water partition coefficient (Wildman–Crippen LogP) is 4.15. The summed E-state index contributed by atoms with van der Waals surface area (Å²) in [5.74, 6) is 2.20. The largest absolute Gasteiger partial charge is 0.497 e. The number of rotatable bonds is 6. The Labute approximate surface area is 141 Å². The summed E-state index contributed by atoms with van der Waals surface area (Å²) in [5, 5.41) is 6.52. The Morgan fingerprint density at radius 2 is 1.88 bits per heavy atom. The lowest BCUT2D eigenvalue weighted by molar-refractivity contribution is 0.414. The van der Waals surface area contributed by atoms with Gasteiger partial charge in [-0.15, -0.1) is 0 Å². The fourth-order valence-electron chi connectivity index (χ4n) is 2.31. The van der Waals surface area contributed by atoms with Crippen molar-refractivity contribution in [2.45, 2.75) is 13.5 Å². The summed E-state index contributed by atoms with van der Waals surface area (Å²) >= 11 is 0. The van der Waals surface area contributed by atoms with Gasteiger partial charge < -0.3 is 15.4 Å². The van der Waals surface area contributed by atoms with Crippen molar-refractivity contribution in [1.82, 2.24) is 9.97 Å². The van der Waals surface area contributed by atoms with Gasteiger partial charge in [0.05, 0.1) is 7.11 Å². The van der Waals surface area contributed by atoms with Crippen LogP contribution in [0.15, 0.2) is 60.8 Å². The molecule has 0 saturated carbocycles. The van der Waals surface area contributed by atoms with Gasteiger partial charge in [-0.3, -0.25) is 0 Å². The van der Waals surface area contributed by atoms with Crippen LogP contribution >= 0.6 is 0 Å². The van der Waals surface area contributed by atoms with E-state index in [9.17, 15) is 0 Å². The maximum absolute atomic E-state index is 5.16. The van der Waals surface area contributed by atoms with Crippen molar-refractivity contribution < 1.29 is 4.74 Å². The lowest BCUT2D eigenvalue weighted by Gasteiger charge is -2.09. The average molecular weight is 320 g/mol. The van der Waals surface area contributed by atoms with Crippen LogP contribution < -0.4 is 15.4 Å². The van der Waals surface area contributed by atoms with E-state index in [4.69, 9.17) is 4.74 Å². The second-order valence-corrected chi connectivity index (χ2v) is 5.46. The summed E-state index contributed by atoms with van der Waals surface area (Å²) in [6.45, 7) is 2.74. The van der Waals surface area contributed by atoms with Crippen LogP contribution in [-0.4, -0.2) is 17.1 Å². The van der Waals surface area contributed by atoms with E-state index in [1.54, 1.807) is 13.3 Å². The number of hydrogen-bond acceptors (Lipinski definition) is 5. The van der Waals surface area contributed by atoms with Gasteiger partial charge in [-0.1, -0.05) is 24.3 Å². The molecule has 0 radical (unpaired) electrons. The first-order valence-electron chi connectivity index (χ1n) is 7.76. The third-order valence-electron chi connectivity index (χ3n) is 3.56. The van der Waals surface area contributed by atoms with Gasteiger partial charge in [-0.05, 0) is 48.4 Å². The topological polar surface area (TPSA) is 59.1 Å². The van der Waals surface area contributed by atoms with Crippen molar-refractivity contribution in [2.75, 3.05) is 17.7 Å². The van der Waals surface area contributed by atoms with Crippen molar-refractivity contribution in [3.8, 4) is 5.75 Å². The highest BCUT2D eigenvalue weighted by atomic mass is 16.5. The molecule has 122 valence electrons. The molecule has 0 saturated heterocycles. The Morgan fingerprint density at radius 1 is 1.04 bits per heavy atom. The summed E-state index contributed by atoms with van der Waals surface area (Å²) in [5.41, 5.74) is 3.32. The van der Waals surface area contributed by atoms with Crippen LogP contribution in [0.3, 0.4) is 0 Å². The number of aryl methyl sites for hydroxylation is 1. The SMILES string of the molecule is COc1ccc(CNc2ccnc(Nc3cccc(C)c3)n2)cc1. The Morgan fingerprint density at radius 3 is 2.62 bits per heavy atom. The number of nitrogens with zero attached hydrogens (tertiary/aromatic N) is 2. The highest BCUT2D eigenvalue weighted by Crippen LogP contribution is 2.16. The number of hydrogen-bond donors (Lipinski definition) is 2. The van der Waals surface area contributed by atoms with Crippen LogP contribution in [-0.2, 0) is 6.54 Å². The predicted molar refractivity (Wildman–Crippen MR) is 96.8 cm³/mol. The molecule has 2 aromatic carbocycles. The quantitative estimate of drug-likeness (QED) is 0.714. The second-order valence-electron chi connectivity index (χ2n) is 5.46. The molecular weight excluding hydrogens is 300 g/mol. The Bertz CT molecular complexity index is 802. The molecule has 1 heterocycles. The van der Waals surface area contributed by atoms with Gasteiger partial charge in [0.25, 0.3) is 0 Å². The molecule has 5 heteroatoms. The number of anilines is 3. The van der Waals surface area contributed by atoms with E-state index in [1.165, 1.54) is 5.56 Å². The van der Waals surface area contributed by atoms with Crippen molar-refractivity contribution in [3.05, 3.63) is 71.9 Å². The Hall–Kier alpha value is -3.08. The molecule has 3 rings (SSSR count). The summed E-state index contributed by atoms with van der Waals surface area (Å²) in [6, 6.07) is 17.9. The monoisotopic (exact) mass is 320 g/mol. The number of methoxy groups -OCH3 is 1. The van der Waals surface area contributed by atoms with E-state index >= 15 is 0 Å². The third kappa shape index (κ3) is 4.23. The third-order valence-corrected chi connectivity index (χ3v) is 3.56. The van der Waals surface area contributed by atoms with E-state index in [2.05, 4.69) is 39.7 Å². The van der Waals surface area contributed by atoms with E-state index in [-0.39, 0.29) is 0 Å². The van der Waals surface area contributed by atoms with E-state index < -0.39 is 0 Å². The minimum absolute atomic E-state index is 0.570. The van der Waals surface area contributed by atoms with E-state index in [0.29, 0.717) is 12.5 Å². The Balaban J connectivity index is 1.64. The Kier molecular flexibility index (Phi) is 4.91. The van der Waals surface area contributed by atoms with Crippen molar-refractivity contribution in [3.63, 3.8) is 0 Å². The van der Waals surface area contributed by atoms with Crippen LogP contribution in [0.5, 0.6) is 5.75 Å². The molecule has 0 spiro atoms. The minimum Gasteiger partial charge on any atom is -0.497 e. The highest BCUT2D eigenvalue weighted by Gasteiger charge is 2.01. The molecule has 0 atom stereocenters. The first kappa shape index (κ1) is 15.8. The molecule has 0 bridgehead atoms. The molecule has 0 aliphatic heterocycles. The lowest BCUT2D eigenvalue weighted by Crippen LogP contribution is -2.04. The average Bonchev–Trinajstić information content (AvgIpc) is 2.61. The van der Waals surface area contributed by atoms with E-state index in [0.717, 1.165) is 22.8 Å². The summed E-state index contributed by atoms with van der Waals surface area (Å²) < 4.78 is 5.16. The fraction of sp³-hybridized carbons (Fsp3) is 0.158. The molecule has 0 fully saturated rings. The zero-order valence-corrected chi connectivity index (χ0v) is 13.8. The van der Waals surface area contributed by atoms with Crippen LogP contribution in [0.1, 0.15) is 11.1 Å². The maximum Gasteiger partial charge on any atom is 0.229 e. The zero-order chi connectivity index (χ0) is 16.8. The molecule has 0 aliphatic rings. The number of ether oxygens (including phenoxy) is 1. The molecule has 5 nitrogen and oxygen atoms in total. The second kappa shape index (κ2) is 7.46. The highest BCUT2D eigenvalue weighted by molar-refractivity contribution is 5.55. The summed E-state index contributed by atoms with van der Waals surface area (Å²) in [7, 11) is 1.66. The standard InChI is InChI=1S/C19H20N4O/c1-14-4-3-5-16(12-14)22-19-20-11-10-18(23-19)21-13-15-6-8-17(24-2)9-7-15/h3-12H,13H2,1-2H3,(H2,20,21,22,23). The number of nitrogens with one attached hydrogen (secondary N) is 2. The van der Waals surface area contributed by atoms with Crippen LogP contribution in [0.25, 0.3) is 0 Å². The zero-order valence-electron chi connectivity index (χ0n) is 13.8. The molecule has 2 N–H and O–H groups in total. The van der Waals surface area contributed by atoms with Gasteiger partial charge in [-0.25, -0.2) is 4.98 Å². The summed E-state index contributed by atoms with van der Waals surface area (Å²) in [4.78, 5) is 8.75. The molecule has 24 heavy (non-hydrogen) atoms. The molecular formula is C19H20N4O. The first-order chi connectivity index (χ1) is 11.7.